The first-order valence-corrected chi connectivity index (χ1v) is 9.98. The highest BCUT2D eigenvalue weighted by atomic mass is 16.4. The van der Waals surface area contributed by atoms with Crippen molar-refractivity contribution >= 4 is 11.9 Å². The van der Waals surface area contributed by atoms with E-state index in [4.69, 9.17) is 0 Å². The average Bonchev–Trinajstić information content (AvgIpc) is 2.95. The number of carbonyl (C=O) groups excluding carboxylic acids is 1. The molecule has 7 heteroatoms. The van der Waals surface area contributed by atoms with Crippen LogP contribution in [0.4, 0.5) is 0 Å². The van der Waals surface area contributed by atoms with Crippen LogP contribution >= 0.6 is 0 Å². The molecule has 0 saturated carbocycles. The number of carboxylic acids is 1. The van der Waals surface area contributed by atoms with E-state index in [1.807, 2.05) is 55.8 Å². The third kappa shape index (κ3) is 4.19. The molecule has 1 aliphatic heterocycles. The van der Waals surface area contributed by atoms with Gasteiger partial charge in [0.05, 0.1) is 11.8 Å². The smallest absolute Gasteiger partial charge is 0.314 e. The van der Waals surface area contributed by atoms with Crippen molar-refractivity contribution in [3.63, 3.8) is 0 Å². The zero-order valence-corrected chi connectivity index (χ0v) is 17.3. The van der Waals surface area contributed by atoms with E-state index in [2.05, 4.69) is 5.10 Å². The SMILES string of the molecule is Cc1nn(CCC(=O)N2CC[C@@H](O)[C@](Cc3ccccc3)(C(=O)O)C2)c(C)c1C. The van der Waals surface area contributed by atoms with Crippen molar-refractivity contribution in [3.05, 3.63) is 52.8 Å². The molecule has 1 aromatic carbocycles. The van der Waals surface area contributed by atoms with Crippen LogP contribution in [0.2, 0.25) is 0 Å². The zero-order chi connectivity index (χ0) is 21.2. The molecular weight excluding hydrogens is 370 g/mol. The minimum absolute atomic E-state index is 0.00731. The largest absolute Gasteiger partial charge is 0.481 e. The standard InChI is InChI=1S/C22H29N3O4/c1-15-16(2)23-25(17(15)3)12-10-20(27)24-11-9-19(26)22(14-24,21(28)29)13-18-7-5-4-6-8-18/h4-8,19,26H,9-14H2,1-3H3,(H,28,29)/t19-,22-/m1/s1. The second-order valence-corrected chi connectivity index (χ2v) is 8.01. The highest BCUT2D eigenvalue weighted by Gasteiger charge is 2.50. The molecule has 0 aliphatic carbocycles. The van der Waals surface area contributed by atoms with Gasteiger partial charge in [-0.1, -0.05) is 30.3 Å². The third-order valence-electron chi connectivity index (χ3n) is 6.21. The Labute approximate surface area is 171 Å². The number of aliphatic carboxylic acids is 1. The van der Waals surface area contributed by atoms with Crippen LogP contribution in [0.15, 0.2) is 30.3 Å². The first-order chi connectivity index (χ1) is 13.7. The average molecular weight is 399 g/mol. The van der Waals surface area contributed by atoms with Gasteiger partial charge in [-0.3, -0.25) is 14.3 Å². The van der Waals surface area contributed by atoms with Crippen LogP contribution in [-0.2, 0) is 22.6 Å². The summed E-state index contributed by atoms with van der Waals surface area (Å²) in [7, 11) is 0. The van der Waals surface area contributed by atoms with Crippen LogP contribution in [0.5, 0.6) is 0 Å². The van der Waals surface area contributed by atoms with Crippen LogP contribution in [0.1, 0.15) is 35.4 Å². The van der Waals surface area contributed by atoms with Gasteiger partial charge in [-0.25, -0.2) is 0 Å². The van der Waals surface area contributed by atoms with Crippen molar-refractivity contribution in [2.45, 2.75) is 52.7 Å². The molecule has 0 spiro atoms. The van der Waals surface area contributed by atoms with Crippen LogP contribution in [0, 0.1) is 26.2 Å². The van der Waals surface area contributed by atoms with E-state index in [0.29, 0.717) is 13.1 Å². The normalized spacial score (nSPS) is 21.9. The molecule has 1 aliphatic rings. The molecule has 2 heterocycles. The van der Waals surface area contributed by atoms with Gasteiger partial charge < -0.3 is 15.1 Å². The lowest BCUT2D eigenvalue weighted by molar-refractivity contribution is -0.165. The van der Waals surface area contributed by atoms with Crippen LogP contribution in [0.25, 0.3) is 0 Å². The fourth-order valence-electron chi connectivity index (χ4n) is 4.08. The summed E-state index contributed by atoms with van der Waals surface area (Å²) in [5.41, 5.74) is 2.54. The summed E-state index contributed by atoms with van der Waals surface area (Å²) >= 11 is 0. The van der Waals surface area contributed by atoms with Gasteiger partial charge in [0.25, 0.3) is 0 Å². The Balaban J connectivity index is 1.73. The molecular formula is C22H29N3O4. The minimum Gasteiger partial charge on any atom is -0.481 e. The van der Waals surface area contributed by atoms with Gasteiger partial charge in [0.1, 0.15) is 5.41 Å². The van der Waals surface area contributed by atoms with Gasteiger partial charge in [0.15, 0.2) is 0 Å². The van der Waals surface area contributed by atoms with E-state index in [1.54, 1.807) is 4.90 Å². The number of nitrogens with zero attached hydrogens (tertiary/aromatic N) is 3. The predicted octanol–water partition coefficient (Wildman–Crippen LogP) is 2.11. The van der Waals surface area contributed by atoms with E-state index in [0.717, 1.165) is 22.5 Å². The summed E-state index contributed by atoms with van der Waals surface area (Å²) in [4.78, 5) is 26.7. The monoisotopic (exact) mass is 399 g/mol. The van der Waals surface area contributed by atoms with Gasteiger partial charge in [-0.2, -0.15) is 5.10 Å². The van der Waals surface area contributed by atoms with Gasteiger partial charge in [0.2, 0.25) is 5.91 Å². The first-order valence-electron chi connectivity index (χ1n) is 9.98. The number of carboxylic acid groups (broad SMARTS) is 1. The highest BCUT2D eigenvalue weighted by Crippen LogP contribution is 2.35. The molecule has 1 amide bonds. The maximum Gasteiger partial charge on any atom is 0.314 e. The lowest BCUT2D eigenvalue weighted by Crippen LogP contribution is -2.58. The summed E-state index contributed by atoms with van der Waals surface area (Å²) in [5.74, 6) is -1.18. The van der Waals surface area contributed by atoms with Crippen LogP contribution < -0.4 is 0 Å². The summed E-state index contributed by atoms with van der Waals surface area (Å²) in [6.07, 6.45) is -0.310. The number of benzene rings is 1. The predicted molar refractivity (Wildman–Crippen MR) is 108 cm³/mol. The fraction of sp³-hybridized carbons (Fsp3) is 0.500. The molecule has 2 aromatic rings. The van der Waals surface area contributed by atoms with E-state index >= 15 is 0 Å². The number of hydrogen-bond acceptors (Lipinski definition) is 4. The van der Waals surface area contributed by atoms with E-state index in [-0.39, 0.29) is 31.7 Å². The molecule has 0 radical (unpaired) electrons. The second kappa shape index (κ2) is 8.37. The number of piperidine rings is 1. The van der Waals surface area contributed by atoms with Gasteiger partial charge in [0, 0.05) is 31.7 Å². The number of hydrogen-bond donors (Lipinski definition) is 2. The number of aliphatic hydroxyl groups excluding tert-OH is 1. The molecule has 3 rings (SSSR count). The minimum atomic E-state index is -1.40. The zero-order valence-electron chi connectivity index (χ0n) is 17.3. The quantitative estimate of drug-likeness (QED) is 0.776. The molecule has 1 aromatic heterocycles. The van der Waals surface area contributed by atoms with Crippen LogP contribution in [-0.4, -0.2) is 56.0 Å². The van der Waals surface area contributed by atoms with Crippen molar-refractivity contribution in [3.8, 4) is 0 Å². The third-order valence-corrected chi connectivity index (χ3v) is 6.21. The number of aryl methyl sites for hydroxylation is 2. The van der Waals surface area contributed by atoms with Gasteiger partial charge in [-0.05, 0) is 44.7 Å². The molecule has 2 N–H and O–H groups in total. The van der Waals surface area contributed by atoms with Gasteiger partial charge in [-0.15, -0.1) is 0 Å². The van der Waals surface area contributed by atoms with Crippen LogP contribution in [0.3, 0.4) is 0 Å². The van der Waals surface area contributed by atoms with Crippen molar-refractivity contribution in [1.29, 1.82) is 0 Å². The lowest BCUT2D eigenvalue weighted by Gasteiger charge is -2.43. The number of rotatable bonds is 6. The summed E-state index contributed by atoms with van der Waals surface area (Å²) in [5, 5.41) is 25.0. The van der Waals surface area contributed by atoms with E-state index < -0.39 is 17.5 Å². The lowest BCUT2D eigenvalue weighted by atomic mass is 9.72. The van der Waals surface area contributed by atoms with Crippen molar-refractivity contribution in [2.75, 3.05) is 13.1 Å². The number of amides is 1. The van der Waals surface area contributed by atoms with E-state index in [1.165, 1.54) is 0 Å². The van der Waals surface area contributed by atoms with Crippen molar-refractivity contribution in [2.24, 2.45) is 5.41 Å². The van der Waals surface area contributed by atoms with Gasteiger partial charge >= 0.3 is 5.97 Å². The first kappa shape index (κ1) is 21.0. The molecule has 156 valence electrons. The Morgan fingerprint density at radius 2 is 1.90 bits per heavy atom. The number of aliphatic hydroxyl groups is 1. The molecule has 1 fully saturated rings. The van der Waals surface area contributed by atoms with Crippen molar-refractivity contribution in [1.82, 2.24) is 14.7 Å². The molecule has 29 heavy (non-hydrogen) atoms. The molecule has 1 saturated heterocycles. The summed E-state index contributed by atoms with van der Waals surface area (Å²) < 4.78 is 1.83. The Hall–Kier alpha value is -2.67. The number of carbonyl (C=O) groups is 2. The van der Waals surface area contributed by atoms with E-state index in [9.17, 15) is 19.8 Å². The fourth-order valence-corrected chi connectivity index (χ4v) is 4.08. The number of likely N-dealkylation sites (tertiary alicyclic amines) is 1. The molecule has 0 unspecified atom stereocenters. The molecule has 0 bridgehead atoms. The molecule has 2 atom stereocenters. The molecule has 7 nitrogen and oxygen atoms in total. The summed E-state index contributed by atoms with van der Waals surface area (Å²) in [6.45, 7) is 6.75. The highest BCUT2D eigenvalue weighted by molar-refractivity contribution is 5.80. The topological polar surface area (TPSA) is 95.7 Å². The maximum absolute atomic E-state index is 12.9. The Bertz CT molecular complexity index is 893. The number of aromatic nitrogens is 2. The summed E-state index contributed by atoms with van der Waals surface area (Å²) in [6, 6.07) is 9.26. The second-order valence-electron chi connectivity index (χ2n) is 8.01. The Kier molecular flexibility index (Phi) is 6.07. The Morgan fingerprint density at radius 3 is 2.48 bits per heavy atom. The Morgan fingerprint density at radius 1 is 1.21 bits per heavy atom. The van der Waals surface area contributed by atoms with Crippen molar-refractivity contribution < 1.29 is 19.8 Å². The maximum atomic E-state index is 12.9.